The van der Waals surface area contributed by atoms with Crippen LogP contribution in [0.15, 0.2) is 29.4 Å². The molecule has 0 aliphatic carbocycles. The number of hydrogen-bond acceptors (Lipinski definition) is 5. The Hall–Kier alpha value is -1.86. The number of unbranched alkanes of at least 4 members (excludes halogenated alkanes) is 1. The van der Waals surface area contributed by atoms with Crippen molar-refractivity contribution in [3.8, 4) is 0 Å². The van der Waals surface area contributed by atoms with Gasteiger partial charge in [0.05, 0.1) is 0 Å². The maximum Gasteiger partial charge on any atom is 0.191 e. The summed E-state index contributed by atoms with van der Waals surface area (Å²) in [6, 6.07) is 5.89. The molecule has 25 heavy (non-hydrogen) atoms. The first-order valence-electron chi connectivity index (χ1n) is 9.03. The lowest BCUT2D eigenvalue weighted by molar-refractivity contribution is 0.180. The highest BCUT2D eigenvalue weighted by molar-refractivity contribution is 5.79. The van der Waals surface area contributed by atoms with Crippen LogP contribution in [0.1, 0.15) is 19.3 Å². The molecule has 0 spiro atoms. The molecule has 1 aromatic rings. The Balaban J connectivity index is 2.00. The molecule has 0 aliphatic rings. The predicted molar refractivity (Wildman–Crippen MR) is 105 cm³/mol. The van der Waals surface area contributed by atoms with Gasteiger partial charge in [-0.15, -0.1) is 0 Å². The minimum Gasteiger partial charge on any atom is -0.385 e. The smallest absolute Gasteiger partial charge is 0.191 e. The number of aliphatic imine (C=N–C) groups is 1. The number of ether oxygens (including phenoxy) is 1. The number of pyridine rings is 1. The largest absolute Gasteiger partial charge is 0.385 e. The summed E-state index contributed by atoms with van der Waals surface area (Å²) in [4.78, 5) is 10.8. The molecule has 0 radical (unpaired) electrons. The molecule has 0 bridgehead atoms. The van der Waals surface area contributed by atoms with Crippen molar-refractivity contribution in [1.29, 1.82) is 0 Å². The number of nitrogens with zero attached hydrogens (tertiary/aromatic N) is 3. The lowest BCUT2D eigenvalue weighted by Gasteiger charge is -2.18. The Labute approximate surface area is 152 Å². The highest BCUT2D eigenvalue weighted by Gasteiger charge is 2.00. The Kier molecular flexibility index (Phi) is 12.3. The van der Waals surface area contributed by atoms with Crippen LogP contribution >= 0.6 is 0 Å². The van der Waals surface area contributed by atoms with Gasteiger partial charge in [-0.3, -0.25) is 4.99 Å². The van der Waals surface area contributed by atoms with Gasteiger partial charge in [-0.1, -0.05) is 6.07 Å². The number of guanidine groups is 1. The van der Waals surface area contributed by atoms with E-state index >= 15 is 0 Å². The fraction of sp³-hybridized carbons (Fsp3) is 0.667. The SMILES string of the molecule is CN=C(NCCCCNc1ccccn1)NCCN(C)CCCOC. The fourth-order valence-corrected chi connectivity index (χ4v) is 2.32. The fourth-order valence-electron chi connectivity index (χ4n) is 2.32. The summed E-state index contributed by atoms with van der Waals surface area (Å²) in [5.74, 6) is 1.80. The molecular weight excluding hydrogens is 316 g/mol. The van der Waals surface area contributed by atoms with Crippen LogP contribution < -0.4 is 16.0 Å². The number of hydrogen-bond donors (Lipinski definition) is 3. The van der Waals surface area contributed by atoms with Crippen LogP contribution in [0.3, 0.4) is 0 Å². The van der Waals surface area contributed by atoms with E-state index < -0.39 is 0 Å². The normalized spacial score (nSPS) is 11.6. The third-order valence-corrected chi connectivity index (χ3v) is 3.76. The second-order valence-electron chi connectivity index (χ2n) is 5.92. The van der Waals surface area contributed by atoms with Crippen molar-refractivity contribution in [3.63, 3.8) is 0 Å². The third-order valence-electron chi connectivity index (χ3n) is 3.76. The van der Waals surface area contributed by atoms with Crippen molar-refractivity contribution in [3.05, 3.63) is 24.4 Å². The second kappa shape index (κ2) is 14.5. The summed E-state index contributed by atoms with van der Waals surface area (Å²) < 4.78 is 5.07. The molecule has 1 heterocycles. The number of nitrogens with one attached hydrogen (secondary N) is 3. The van der Waals surface area contributed by atoms with E-state index in [-0.39, 0.29) is 0 Å². The van der Waals surface area contributed by atoms with Gasteiger partial charge in [0.15, 0.2) is 5.96 Å². The maximum atomic E-state index is 5.07. The van der Waals surface area contributed by atoms with Crippen LogP contribution in [0, 0.1) is 0 Å². The van der Waals surface area contributed by atoms with Crippen LogP contribution in [0.4, 0.5) is 5.82 Å². The van der Waals surface area contributed by atoms with Gasteiger partial charge in [-0.05, 0) is 38.4 Å². The van der Waals surface area contributed by atoms with Crippen molar-refractivity contribution in [1.82, 2.24) is 20.5 Å². The molecule has 1 rings (SSSR count). The summed E-state index contributed by atoms with van der Waals surface area (Å²) in [5.41, 5.74) is 0. The summed E-state index contributed by atoms with van der Waals surface area (Å²) in [6.07, 6.45) is 5.03. The molecule has 0 saturated carbocycles. The first-order valence-corrected chi connectivity index (χ1v) is 9.03. The van der Waals surface area contributed by atoms with E-state index in [0.29, 0.717) is 0 Å². The standard InChI is InChI=1S/C18H34N6O/c1-19-18(23-13-15-24(2)14-8-16-25-3)22-12-7-6-11-21-17-9-4-5-10-20-17/h4-5,9-10H,6-8,11-16H2,1-3H3,(H,20,21)(H2,19,22,23). The average Bonchev–Trinajstić information content (AvgIpc) is 2.64. The lowest BCUT2D eigenvalue weighted by Crippen LogP contribution is -2.41. The Bertz CT molecular complexity index is 454. The highest BCUT2D eigenvalue weighted by atomic mass is 16.5. The molecule has 0 unspecified atom stereocenters. The van der Waals surface area contributed by atoms with Gasteiger partial charge in [0.2, 0.25) is 0 Å². The van der Waals surface area contributed by atoms with Gasteiger partial charge in [0.25, 0.3) is 0 Å². The molecule has 3 N–H and O–H groups in total. The lowest BCUT2D eigenvalue weighted by atomic mass is 10.3. The molecule has 0 saturated heterocycles. The summed E-state index contributed by atoms with van der Waals surface area (Å²) >= 11 is 0. The highest BCUT2D eigenvalue weighted by Crippen LogP contribution is 2.00. The summed E-state index contributed by atoms with van der Waals surface area (Å²) in [7, 11) is 5.67. The first-order chi connectivity index (χ1) is 12.3. The second-order valence-corrected chi connectivity index (χ2v) is 5.92. The topological polar surface area (TPSA) is 73.8 Å². The van der Waals surface area contributed by atoms with Gasteiger partial charge < -0.3 is 25.6 Å². The van der Waals surface area contributed by atoms with E-state index in [2.05, 4.69) is 37.9 Å². The van der Waals surface area contributed by atoms with Crippen molar-refractivity contribution in [2.45, 2.75) is 19.3 Å². The van der Waals surface area contributed by atoms with Crippen LogP contribution in [0.2, 0.25) is 0 Å². The summed E-state index contributed by atoms with van der Waals surface area (Å²) in [5, 5.41) is 10.0. The van der Waals surface area contributed by atoms with Crippen molar-refractivity contribution >= 4 is 11.8 Å². The monoisotopic (exact) mass is 350 g/mol. The molecule has 0 amide bonds. The molecule has 1 aromatic heterocycles. The number of rotatable bonds is 13. The van der Waals surface area contributed by atoms with Crippen LogP contribution in [-0.4, -0.2) is 76.4 Å². The minimum atomic E-state index is 0.816. The third kappa shape index (κ3) is 11.3. The quantitative estimate of drug-likeness (QED) is 0.284. The van der Waals surface area contributed by atoms with E-state index in [1.165, 1.54) is 0 Å². The van der Waals surface area contributed by atoms with Gasteiger partial charge in [0, 0.05) is 59.7 Å². The molecule has 0 atom stereocenters. The first kappa shape index (κ1) is 21.2. The molecule has 0 aromatic carbocycles. The van der Waals surface area contributed by atoms with Crippen LogP contribution in [-0.2, 0) is 4.74 Å². The zero-order valence-corrected chi connectivity index (χ0v) is 15.9. The van der Waals surface area contributed by atoms with E-state index in [4.69, 9.17) is 4.74 Å². The zero-order chi connectivity index (χ0) is 18.2. The van der Waals surface area contributed by atoms with Crippen LogP contribution in [0.25, 0.3) is 0 Å². The van der Waals surface area contributed by atoms with Gasteiger partial charge in [-0.25, -0.2) is 4.98 Å². The van der Waals surface area contributed by atoms with E-state index in [1.54, 1.807) is 20.4 Å². The van der Waals surface area contributed by atoms with Crippen molar-refractivity contribution in [2.24, 2.45) is 4.99 Å². The summed E-state index contributed by atoms with van der Waals surface area (Å²) in [6.45, 7) is 5.56. The van der Waals surface area contributed by atoms with Crippen molar-refractivity contribution < 1.29 is 4.74 Å². The molecule has 7 heteroatoms. The van der Waals surface area contributed by atoms with Crippen LogP contribution in [0.5, 0.6) is 0 Å². The zero-order valence-electron chi connectivity index (χ0n) is 15.9. The number of anilines is 1. The molecule has 7 nitrogen and oxygen atoms in total. The predicted octanol–water partition coefficient (Wildman–Crippen LogP) is 1.41. The van der Waals surface area contributed by atoms with Crippen molar-refractivity contribution in [2.75, 3.05) is 65.9 Å². The van der Waals surface area contributed by atoms with Gasteiger partial charge >= 0.3 is 0 Å². The van der Waals surface area contributed by atoms with E-state index in [0.717, 1.165) is 70.4 Å². The number of methoxy groups -OCH3 is 1. The molecule has 0 aliphatic heterocycles. The van der Waals surface area contributed by atoms with Gasteiger partial charge in [0.1, 0.15) is 5.82 Å². The molecular formula is C18H34N6O. The van der Waals surface area contributed by atoms with Gasteiger partial charge in [-0.2, -0.15) is 0 Å². The Morgan fingerprint density at radius 1 is 1.12 bits per heavy atom. The maximum absolute atomic E-state index is 5.07. The van der Waals surface area contributed by atoms with E-state index in [1.807, 2.05) is 18.2 Å². The number of aromatic nitrogens is 1. The Morgan fingerprint density at radius 2 is 1.92 bits per heavy atom. The molecule has 142 valence electrons. The average molecular weight is 351 g/mol. The van der Waals surface area contributed by atoms with E-state index in [9.17, 15) is 0 Å². The minimum absolute atomic E-state index is 0.816. The Morgan fingerprint density at radius 3 is 2.64 bits per heavy atom. The molecule has 0 fully saturated rings. The number of likely N-dealkylation sites (N-methyl/N-ethyl adjacent to an activating group) is 1.